The van der Waals surface area contributed by atoms with Gasteiger partial charge in [-0.3, -0.25) is 4.79 Å². The van der Waals surface area contributed by atoms with Gasteiger partial charge in [0.1, 0.15) is 5.69 Å². The van der Waals surface area contributed by atoms with Gasteiger partial charge in [-0.2, -0.15) is 4.39 Å². The summed E-state index contributed by atoms with van der Waals surface area (Å²) >= 11 is 0. The lowest BCUT2D eigenvalue weighted by Crippen LogP contribution is -2.42. The van der Waals surface area contributed by atoms with E-state index in [9.17, 15) is 14.3 Å². The molecule has 0 spiro atoms. The average molecular weight is 224 g/mol. The molecule has 1 unspecified atom stereocenters. The summed E-state index contributed by atoms with van der Waals surface area (Å²) in [5, 5.41) is 9.44. The molecule has 0 radical (unpaired) electrons. The predicted molar refractivity (Wildman–Crippen MR) is 55.3 cm³/mol. The van der Waals surface area contributed by atoms with Crippen LogP contribution in [0, 0.1) is 5.95 Å². The van der Waals surface area contributed by atoms with Crippen molar-refractivity contribution in [1.29, 1.82) is 0 Å². The molecule has 1 saturated heterocycles. The van der Waals surface area contributed by atoms with E-state index in [1.165, 1.54) is 23.1 Å². The minimum absolute atomic E-state index is 0.0918. The molecule has 1 fully saturated rings. The highest BCUT2D eigenvalue weighted by atomic mass is 19.1. The lowest BCUT2D eigenvalue weighted by molar-refractivity contribution is 0.0468. The maximum Gasteiger partial charge on any atom is 0.272 e. The van der Waals surface area contributed by atoms with E-state index < -0.39 is 12.1 Å². The first kappa shape index (κ1) is 11.0. The van der Waals surface area contributed by atoms with Crippen LogP contribution in [0.3, 0.4) is 0 Å². The smallest absolute Gasteiger partial charge is 0.272 e. The summed E-state index contributed by atoms with van der Waals surface area (Å²) in [6, 6.07) is 4.13. The molecule has 16 heavy (non-hydrogen) atoms. The summed E-state index contributed by atoms with van der Waals surface area (Å²) in [5.74, 6) is -0.985. The number of pyridine rings is 1. The van der Waals surface area contributed by atoms with Crippen LogP contribution >= 0.6 is 0 Å². The van der Waals surface area contributed by atoms with Crippen LogP contribution in [0.2, 0.25) is 0 Å². The number of aliphatic hydroxyl groups is 1. The van der Waals surface area contributed by atoms with Crippen molar-refractivity contribution in [2.24, 2.45) is 0 Å². The van der Waals surface area contributed by atoms with Crippen molar-refractivity contribution >= 4 is 5.91 Å². The van der Waals surface area contributed by atoms with Crippen molar-refractivity contribution in [2.75, 3.05) is 13.1 Å². The molecule has 2 heterocycles. The standard InChI is InChI=1S/C11H13FN2O2/c12-10-5-1-4-9(13-10)11(16)14-6-2-3-8(15)7-14/h1,4-5,8,15H,2-3,6-7H2. The molecule has 0 bridgehead atoms. The molecule has 4 nitrogen and oxygen atoms in total. The third-order valence-electron chi connectivity index (χ3n) is 2.62. The molecule has 1 aromatic heterocycles. The van der Waals surface area contributed by atoms with Crippen LogP contribution < -0.4 is 0 Å². The summed E-state index contributed by atoms with van der Waals surface area (Å²) in [6.07, 6.45) is 0.994. The average Bonchev–Trinajstić information content (AvgIpc) is 2.28. The van der Waals surface area contributed by atoms with Gasteiger partial charge in [-0.1, -0.05) is 6.07 Å². The number of aromatic nitrogens is 1. The van der Waals surface area contributed by atoms with Crippen molar-refractivity contribution in [3.8, 4) is 0 Å². The maximum absolute atomic E-state index is 12.8. The van der Waals surface area contributed by atoms with Crippen LogP contribution in [0.4, 0.5) is 4.39 Å². The van der Waals surface area contributed by atoms with Crippen LogP contribution in [-0.2, 0) is 0 Å². The summed E-state index contributed by atoms with van der Waals surface area (Å²) < 4.78 is 12.8. The number of halogens is 1. The Bertz CT molecular complexity index is 397. The molecular formula is C11H13FN2O2. The van der Waals surface area contributed by atoms with E-state index >= 15 is 0 Å². The fourth-order valence-electron chi connectivity index (χ4n) is 1.83. The first-order valence-corrected chi connectivity index (χ1v) is 5.27. The summed E-state index contributed by atoms with van der Waals surface area (Å²) in [5.41, 5.74) is 0.0918. The highest BCUT2D eigenvalue weighted by Crippen LogP contribution is 2.12. The fourth-order valence-corrected chi connectivity index (χ4v) is 1.83. The van der Waals surface area contributed by atoms with E-state index in [2.05, 4.69) is 4.98 Å². The number of carbonyl (C=O) groups is 1. The van der Waals surface area contributed by atoms with E-state index in [-0.39, 0.29) is 11.6 Å². The third-order valence-corrected chi connectivity index (χ3v) is 2.62. The van der Waals surface area contributed by atoms with Gasteiger partial charge < -0.3 is 10.0 Å². The zero-order valence-corrected chi connectivity index (χ0v) is 8.77. The lowest BCUT2D eigenvalue weighted by atomic mass is 10.1. The molecule has 86 valence electrons. The Kier molecular flexibility index (Phi) is 3.14. The van der Waals surface area contributed by atoms with Crippen molar-refractivity contribution < 1.29 is 14.3 Å². The maximum atomic E-state index is 12.8. The molecule has 5 heteroatoms. The molecule has 0 aromatic carbocycles. The van der Waals surface area contributed by atoms with Crippen LogP contribution in [-0.4, -0.2) is 40.1 Å². The number of β-amino-alcohol motifs (C(OH)–C–C–N with tert-alkyl or cyclic N) is 1. The molecule has 2 rings (SSSR count). The molecular weight excluding hydrogens is 211 g/mol. The number of rotatable bonds is 1. The van der Waals surface area contributed by atoms with Crippen LogP contribution in [0.5, 0.6) is 0 Å². The number of aliphatic hydroxyl groups excluding tert-OH is 1. The monoisotopic (exact) mass is 224 g/mol. The van der Waals surface area contributed by atoms with Crippen molar-refractivity contribution in [2.45, 2.75) is 18.9 Å². The minimum Gasteiger partial charge on any atom is -0.391 e. The van der Waals surface area contributed by atoms with Gasteiger partial charge in [0.2, 0.25) is 5.95 Å². The molecule has 1 aromatic rings. The second-order valence-electron chi connectivity index (χ2n) is 3.89. The van der Waals surface area contributed by atoms with Crippen molar-refractivity contribution in [3.05, 3.63) is 29.8 Å². The zero-order valence-electron chi connectivity index (χ0n) is 8.77. The number of piperidine rings is 1. The van der Waals surface area contributed by atoms with Gasteiger partial charge in [0.25, 0.3) is 5.91 Å². The quantitative estimate of drug-likeness (QED) is 0.718. The normalized spacial score (nSPS) is 20.9. The largest absolute Gasteiger partial charge is 0.391 e. The molecule has 0 aliphatic carbocycles. The van der Waals surface area contributed by atoms with Crippen molar-refractivity contribution in [3.63, 3.8) is 0 Å². The minimum atomic E-state index is -0.664. The van der Waals surface area contributed by atoms with Crippen LogP contribution in [0.15, 0.2) is 18.2 Å². The van der Waals surface area contributed by atoms with Crippen molar-refractivity contribution in [1.82, 2.24) is 9.88 Å². The second kappa shape index (κ2) is 4.57. The second-order valence-corrected chi connectivity index (χ2v) is 3.89. The van der Waals surface area contributed by atoms with Crippen LogP contribution in [0.25, 0.3) is 0 Å². The Labute approximate surface area is 92.7 Å². The lowest BCUT2D eigenvalue weighted by Gasteiger charge is -2.29. The summed E-state index contributed by atoms with van der Waals surface area (Å²) in [6.45, 7) is 0.894. The molecule has 1 N–H and O–H groups in total. The molecule has 0 saturated carbocycles. The number of hydrogen-bond donors (Lipinski definition) is 1. The molecule has 1 aliphatic rings. The first-order chi connectivity index (χ1) is 7.66. The number of nitrogens with zero attached hydrogens (tertiary/aromatic N) is 2. The predicted octanol–water partition coefficient (Wildman–Crippen LogP) is 0.818. The number of carbonyl (C=O) groups excluding carboxylic acids is 1. The summed E-state index contributed by atoms with van der Waals surface area (Å²) in [4.78, 5) is 16.9. The van der Waals surface area contributed by atoms with Gasteiger partial charge in [0.05, 0.1) is 6.10 Å². The SMILES string of the molecule is O=C(c1cccc(F)n1)N1CCCC(O)C1. The number of likely N-dealkylation sites (tertiary alicyclic amines) is 1. The van der Waals surface area contributed by atoms with E-state index in [1.807, 2.05) is 0 Å². The van der Waals surface area contributed by atoms with Gasteiger partial charge in [0.15, 0.2) is 0 Å². The van der Waals surface area contributed by atoms with Crippen LogP contribution in [0.1, 0.15) is 23.3 Å². The Hall–Kier alpha value is -1.49. The topological polar surface area (TPSA) is 53.4 Å². The van der Waals surface area contributed by atoms with Gasteiger partial charge in [0, 0.05) is 13.1 Å². The Balaban J connectivity index is 2.12. The van der Waals surface area contributed by atoms with E-state index in [0.717, 1.165) is 6.42 Å². The third kappa shape index (κ3) is 2.36. The highest BCUT2D eigenvalue weighted by molar-refractivity contribution is 5.92. The Morgan fingerprint density at radius 2 is 2.38 bits per heavy atom. The molecule has 1 atom stereocenters. The first-order valence-electron chi connectivity index (χ1n) is 5.27. The fraction of sp³-hybridized carbons (Fsp3) is 0.455. The van der Waals surface area contributed by atoms with E-state index in [1.54, 1.807) is 0 Å². The zero-order chi connectivity index (χ0) is 11.5. The Morgan fingerprint density at radius 1 is 1.56 bits per heavy atom. The Morgan fingerprint density at radius 3 is 3.06 bits per heavy atom. The highest BCUT2D eigenvalue weighted by Gasteiger charge is 2.23. The molecule has 1 aliphatic heterocycles. The molecule has 1 amide bonds. The van der Waals surface area contributed by atoms with E-state index in [0.29, 0.717) is 19.5 Å². The van der Waals surface area contributed by atoms with Gasteiger partial charge in [-0.25, -0.2) is 4.98 Å². The summed E-state index contributed by atoms with van der Waals surface area (Å²) in [7, 11) is 0. The van der Waals surface area contributed by atoms with E-state index in [4.69, 9.17) is 0 Å². The van der Waals surface area contributed by atoms with Gasteiger partial charge in [-0.05, 0) is 25.0 Å². The number of hydrogen-bond acceptors (Lipinski definition) is 3. The van der Waals surface area contributed by atoms with Gasteiger partial charge >= 0.3 is 0 Å². The van der Waals surface area contributed by atoms with Gasteiger partial charge in [-0.15, -0.1) is 0 Å². The number of amides is 1.